The van der Waals surface area contributed by atoms with Gasteiger partial charge < -0.3 is 24.0 Å². The van der Waals surface area contributed by atoms with Crippen LogP contribution in [0.4, 0.5) is 0 Å². The predicted octanol–water partition coefficient (Wildman–Crippen LogP) is 1.47. The van der Waals surface area contributed by atoms with Crippen LogP contribution >= 0.6 is 0 Å². The van der Waals surface area contributed by atoms with Crippen LogP contribution in [-0.2, 0) is 13.1 Å². The molecule has 0 aliphatic carbocycles. The summed E-state index contributed by atoms with van der Waals surface area (Å²) < 4.78 is 12.7. The highest BCUT2D eigenvalue weighted by Gasteiger charge is 2.38. The second kappa shape index (κ2) is 8.23. The zero-order valence-corrected chi connectivity index (χ0v) is 17.9. The summed E-state index contributed by atoms with van der Waals surface area (Å²) in [7, 11) is 3.12. The molecule has 2 aliphatic rings. The van der Waals surface area contributed by atoms with E-state index in [1.54, 1.807) is 37.3 Å². The van der Waals surface area contributed by atoms with Gasteiger partial charge in [-0.15, -0.1) is 10.2 Å². The van der Waals surface area contributed by atoms with Crippen molar-refractivity contribution in [1.82, 2.24) is 24.6 Å². The van der Waals surface area contributed by atoms with Crippen molar-refractivity contribution in [3.63, 3.8) is 0 Å². The van der Waals surface area contributed by atoms with Crippen LogP contribution in [0.25, 0.3) is 0 Å². The molecule has 2 atom stereocenters. The Balaban J connectivity index is 1.55. The molecule has 0 bridgehead atoms. The second-order valence-corrected chi connectivity index (χ2v) is 8.11. The molecular weight excluding hydrogens is 386 g/mol. The van der Waals surface area contributed by atoms with Crippen LogP contribution in [0.1, 0.15) is 48.3 Å². The number of methoxy groups -OCH3 is 2. The quantitative estimate of drug-likeness (QED) is 0.790. The van der Waals surface area contributed by atoms with Crippen LogP contribution < -0.4 is 9.47 Å². The number of nitrogens with zero attached hydrogens (tertiary/aromatic N) is 5. The molecular formula is C21H29N5O4. The second-order valence-electron chi connectivity index (χ2n) is 8.11. The number of hydrogen-bond donors (Lipinski definition) is 1. The van der Waals surface area contributed by atoms with E-state index in [1.807, 2.05) is 0 Å². The fraction of sp³-hybridized carbons (Fsp3) is 0.571. The average Bonchev–Trinajstić information content (AvgIpc) is 3.35. The average molecular weight is 415 g/mol. The third-order valence-corrected chi connectivity index (χ3v) is 5.99. The normalized spacial score (nSPS) is 21.7. The number of amides is 1. The van der Waals surface area contributed by atoms with Crippen LogP contribution in [0.3, 0.4) is 0 Å². The van der Waals surface area contributed by atoms with Gasteiger partial charge in [-0.05, 0) is 32.4 Å². The van der Waals surface area contributed by atoms with Crippen LogP contribution in [0.5, 0.6) is 11.5 Å². The molecule has 1 fully saturated rings. The Morgan fingerprint density at radius 3 is 2.70 bits per heavy atom. The van der Waals surface area contributed by atoms with Crippen molar-refractivity contribution in [1.29, 1.82) is 0 Å². The number of ether oxygens (including phenoxy) is 2. The van der Waals surface area contributed by atoms with Crippen molar-refractivity contribution in [2.24, 2.45) is 0 Å². The van der Waals surface area contributed by atoms with Gasteiger partial charge in [0.15, 0.2) is 11.6 Å². The first-order valence-electron chi connectivity index (χ1n) is 10.3. The molecule has 2 aromatic rings. The summed E-state index contributed by atoms with van der Waals surface area (Å²) in [6.07, 6.45) is 0.303. The lowest BCUT2D eigenvalue weighted by atomic mass is 10.1. The molecule has 1 N–H and O–H groups in total. The number of rotatable bonds is 5. The maximum absolute atomic E-state index is 13.1. The third-order valence-electron chi connectivity index (χ3n) is 5.99. The molecule has 30 heavy (non-hydrogen) atoms. The van der Waals surface area contributed by atoms with Gasteiger partial charge in [0.1, 0.15) is 11.5 Å². The minimum Gasteiger partial charge on any atom is -0.497 e. The van der Waals surface area contributed by atoms with Crippen molar-refractivity contribution in [3.05, 3.63) is 35.4 Å². The number of aliphatic hydroxyl groups excluding tert-OH is 1. The highest BCUT2D eigenvalue weighted by Crippen LogP contribution is 2.34. The zero-order chi connectivity index (χ0) is 21.4. The minimum absolute atomic E-state index is 0.0465. The number of hydrogen-bond acceptors (Lipinski definition) is 7. The Bertz CT molecular complexity index is 928. The summed E-state index contributed by atoms with van der Waals surface area (Å²) in [5, 5.41) is 19.0. The standard InChI is InChI=1S/C21H29N5O4/c1-13(2)26-11-14(27)9-17(26)20-23-22-19-12-24(7-8-25(19)20)21(28)16-6-5-15(29-3)10-18(16)30-4/h5-6,10,13-14,17,27H,7-9,11-12H2,1-4H3/t14-,17-/m0/s1. The van der Waals surface area contributed by atoms with Gasteiger partial charge in [-0.1, -0.05) is 0 Å². The van der Waals surface area contributed by atoms with E-state index in [4.69, 9.17) is 9.47 Å². The van der Waals surface area contributed by atoms with Gasteiger partial charge in [-0.2, -0.15) is 0 Å². The molecule has 162 valence electrons. The number of fused-ring (bicyclic) bond motifs is 1. The van der Waals surface area contributed by atoms with Gasteiger partial charge in [-0.25, -0.2) is 0 Å². The Morgan fingerprint density at radius 2 is 2.00 bits per heavy atom. The van der Waals surface area contributed by atoms with Crippen LogP contribution in [-0.4, -0.2) is 75.0 Å². The van der Waals surface area contributed by atoms with E-state index in [2.05, 4.69) is 33.5 Å². The first-order chi connectivity index (χ1) is 14.4. The molecule has 0 spiro atoms. The summed E-state index contributed by atoms with van der Waals surface area (Å²) in [5.41, 5.74) is 0.497. The number of carbonyl (C=O) groups is 1. The number of β-amino-alcohol motifs (C(OH)–C–C–N with tert-alkyl or cyclic N) is 1. The molecule has 9 nitrogen and oxygen atoms in total. The fourth-order valence-corrected chi connectivity index (χ4v) is 4.41. The van der Waals surface area contributed by atoms with Crippen LogP contribution in [0.15, 0.2) is 18.2 Å². The van der Waals surface area contributed by atoms with E-state index in [9.17, 15) is 9.90 Å². The van der Waals surface area contributed by atoms with Gasteiger partial charge in [0.2, 0.25) is 0 Å². The molecule has 0 radical (unpaired) electrons. The molecule has 0 unspecified atom stereocenters. The molecule has 1 aromatic carbocycles. The van der Waals surface area contributed by atoms with Crippen molar-refractivity contribution < 1.29 is 19.4 Å². The summed E-state index contributed by atoms with van der Waals surface area (Å²) in [4.78, 5) is 17.2. The number of benzene rings is 1. The van der Waals surface area contributed by atoms with E-state index >= 15 is 0 Å². The summed E-state index contributed by atoms with van der Waals surface area (Å²) in [6, 6.07) is 5.55. The monoisotopic (exact) mass is 415 g/mol. The summed E-state index contributed by atoms with van der Waals surface area (Å²) in [6.45, 7) is 6.47. The molecule has 3 heterocycles. The third kappa shape index (κ3) is 3.63. The van der Waals surface area contributed by atoms with E-state index in [0.717, 1.165) is 11.6 Å². The number of likely N-dealkylation sites (tertiary alicyclic amines) is 1. The maximum atomic E-state index is 13.1. The molecule has 0 saturated carbocycles. The van der Waals surface area contributed by atoms with E-state index in [1.165, 1.54) is 0 Å². The molecule has 4 rings (SSSR count). The van der Waals surface area contributed by atoms with Gasteiger partial charge >= 0.3 is 0 Å². The van der Waals surface area contributed by atoms with Crippen molar-refractivity contribution >= 4 is 5.91 Å². The molecule has 1 amide bonds. The maximum Gasteiger partial charge on any atom is 0.258 e. The van der Waals surface area contributed by atoms with Crippen LogP contribution in [0.2, 0.25) is 0 Å². The zero-order valence-electron chi connectivity index (χ0n) is 17.9. The van der Waals surface area contributed by atoms with Crippen LogP contribution in [0, 0.1) is 0 Å². The number of carbonyl (C=O) groups excluding carboxylic acids is 1. The van der Waals surface area contributed by atoms with Crippen molar-refractivity contribution in [2.45, 2.75) is 51.5 Å². The SMILES string of the molecule is COc1ccc(C(=O)N2CCn3c(nnc3[C@@H]3C[C@H](O)CN3C(C)C)C2)c(OC)c1. The lowest BCUT2D eigenvalue weighted by Crippen LogP contribution is -2.40. The lowest BCUT2D eigenvalue weighted by Gasteiger charge is -2.31. The number of aliphatic hydroxyl groups is 1. The Labute approximate surface area is 176 Å². The van der Waals surface area contributed by atoms with E-state index < -0.39 is 0 Å². The molecule has 9 heteroatoms. The van der Waals surface area contributed by atoms with Crippen molar-refractivity contribution in [3.8, 4) is 11.5 Å². The van der Waals surface area contributed by atoms with E-state index in [0.29, 0.717) is 55.7 Å². The van der Waals surface area contributed by atoms with Crippen molar-refractivity contribution in [2.75, 3.05) is 27.3 Å². The Morgan fingerprint density at radius 1 is 1.20 bits per heavy atom. The highest BCUT2D eigenvalue weighted by molar-refractivity contribution is 5.97. The fourth-order valence-electron chi connectivity index (χ4n) is 4.41. The predicted molar refractivity (Wildman–Crippen MR) is 110 cm³/mol. The first-order valence-corrected chi connectivity index (χ1v) is 10.3. The first kappa shape index (κ1) is 20.6. The lowest BCUT2D eigenvalue weighted by molar-refractivity contribution is 0.0700. The highest BCUT2D eigenvalue weighted by atomic mass is 16.5. The van der Waals surface area contributed by atoms with E-state index in [-0.39, 0.29) is 18.1 Å². The molecule has 1 saturated heterocycles. The largest absolute Gasteiger partial charge is 0.497 e. The topological polar surface area (TPSA) is 93.0 Å². The molecule has 2 aliphatic heterocycles. The smallest absolute Gasteiger partial charge is 0.258 e. The van der Waals surface area contributed by atoms with Gasteiger partial charge in [0.25, 0.3) is 5.91 Å². The Kier molecular flexibility index (Phi) is 5.66. The molecule has 1 aromatic heterocycles. The Hall–Kier alpha value is -2.65. The van der Waals surface area contributed by atoms with Gasteiger partial charge in [0.05, 0.1) is 38.5 Å². The minimum atomic E-state index is -0.352. The van der Waals surface area contributed by atoms with Gasteiger partial charge in [-0.3, -0.25) is 9.69 Å². The summed E-state index contributed by atoms with van der Waals surface area (Å²) in [5.74, 6) is 2.66. The summed E-state index contributed by atoms with van der Waals surface area (Å²) >= 11 is 0. The number of aromatic nitrogens is 3. The van der Waals surface area contributed by atoms with Gasteiger partial charge in [0, 0.05) is 31.7 Å².